The van der Waals surface area contributed by atoms with Gasteiger partial charge in [-0.05, 0) is 35.8 Å². The van der Waals surface area contributed by atoms with E-state index in [9.17, 15) is 15.0 Å². The fourth-order valence-corrected chi connectivity index (χ4v) is 2.76. The van der Waals surface area contributed by atoms with Crippen molar-refractivity contribution in [2.75, 3.05) is 0 Å². The maximum absolute atomic E-state index is 11.2. The Bertz CT molecular complexity index is 755. The maximum Gasteiger partial charge on any atom is 0.336 e. The van der Waals surface area contributed by atoms with Crippen LogP contribution in [0.25, 0.3) is 6.08 Å². The minimum Gasteiger partial charge on any atom is -0.478 e. The van der Waals surface area contributed by atoms with Gasteiger partial charge in [0, 0.05) is 16.8 Å². The van der Waals surface area contributed by atoms with Gasteiger partial charge in [-0.25, -0.2) is 4.79 Å². The molecular formula is C16H12ClNO3. The van der Waals surface area contributed by atoms with Gasteiger partial charge in [-0.15, -0.1) is 0 Å². The molecule has 1 aliphatic rings. The predicted octanol–water partition coefficient (Wildman–Crippen LogP) is 3.11. The van der Waals surface area contributed by atoms with E-state index in [0.29, 0.717) is 33.8 Å². The molecular weight excluding hydrogens is 290 g/mol. The number of hydrogen-bond donors (Lipinski definition) is 2. The summed E-state index contributed by atoms with van der Waals surface area (Å²) < 4.78 is 0. The summed E-state index contributed by atoms with van der Waals surface area (Å²) in [4.78, 5) is 15.4. The third-order valence-electron chi connectivity index (χ3n) is 3.57. The Morgan fingerprint density at radius 3 is 2.76 bits per heavy atom. The monoisotopic (exact) mass is 301 g/mol. The maximum atomic E-state index is 11.2. The SMILES string of the molecule is O=C(O)c1ccnc2c1CC(C(O)c1ccccc1Cl)=C2. The Balaban J connectivity index is 1.96. The second kappa shape index (κ2) is 5.31. The molecule has 2 N–H and O–H groups in total. The summed E-state index contributed by atoms with van der Waals surface area (Å²) in [5.74, 6) is -0.990. The lowest BCUT2D eigenvalue weighted by molar-refractivity contribution is 0.0695. The molecule has 0 amide bonds. The van der Waals surface area contributed by atoms with E-state index in [1.807, 2.05) is 0 Å². The highest BCUT2D eigenvalue weighted by atomic mass is 35.5. The molecule has 21 heavy (non-hydrogen) atoms. The number of pyridine rings is 1. The molecule has 0 bridgehead atoms. The van der Waals surface area contributed by atoms with Gasteiger partial charge in [0.05, 0.1) is 11.3 Å². The molecule has 1 aromatic carbocycles. The zero-order chi connectivity index (χ0) is 15.0. The molecule has 1 unspecified atom stereocenters. The average molecular weight is 302 g/mol. The van der Waals surface area contributed by atoms with E-state index in [1.54, 1.807) is 30.3 Å². The van der Waals surface area contributed by atoms with Crippen LogP contribution in [0.5, 0.6) is 0 Å². The number of halogens is 1. The second-order valence-corrected chi connectivity index (χ2v) is 5.25. The van der Waals surface area contributed by atoms with Crippen molar-refractivity contribution in [2.24, 2.45) is 0 Å². The number of aliphatic hydroxyl groups excluding tert-OH is 1. The first-order valence-electron chi connectivity index (χ1n) is 6.42. The number of carbonyl (C=O) groups is 1. The number of rotatable bonds is 3. The van der Waals surface area contributed by atoms with E-state index < -0.39 is 12.1 Å². The number of carboxylic acid groups (broad SMARTS) is 1. The van der Waals surface area contributed by atoms with Crippen molar-refractivity contribution >= 4 is 23.6 Å². The Kier molecular flexibility index (Phi) is 3.49. The zero-order valence-corrected chi connectivity index (χ0v) is 11.7. The molecule has 106 valence electrons. The standard InChI is InChI=1S/C16H12ClNO3/c17-13-4-2-1-3-11(13)15(19)9-7-12-10(16(20)21)5-6-18-14(12)8-9/h1-6,8,15,19H,7H2,(H,20,21). The van der Waals surface area contributed by atoms with Crippen LogP contribution in [0.15, 0.2) is 42.1 Å². The summed E-state index contributed by atoms with van der Waals surface area (Å²) in [6, 6.07) is 8.53. The highest BCUT2D eigenvalue weighted by Gasteiger charge is 2.26. The van der Waals surface area contributed by atoms with Gasteiger partial charge in [-0.3, -0.25) is 4.98 Å². The third-order valence-corrected chi connectivity index (χ3v) is 3.92. The smallest absolute Gasteiger partial charge is 0.336 e. The Hall–Kier alpha value is -2.17. The molecule has 0 radical (unpaired) electrons. The minimum absolute atomic E-state index is 0.220. The zero-order valence-electron chi connectivity index (χ0n) is 11.0. The number of aliphatic hydroxyl groups is 1. The lowest BCUT2D eigenvalue weighted by atomic mass is 9.98. The number of benzene rings is 1. The van der Waals surface area contributed by atoms with Crippen LogP contribution < -0.4 is 0 Å². The lowest BCUT2D eigenvalue weighted by Gasteiger charge is -2.14. The number of carboxylic acids is 1. The van der Waals surface area contributed by atoms with Crippen molar-refractivity contribution in [1.82, 2.24) is 4.98 Å². The molecule has 1 heterocycles. The first-order chi connectivity index (χ1) is 10.1. The van der Waals surface area contributed by atoms with Crippen LogP contribution >= 0.6 is 11.6 Å². The number of hydrogen-bond acceptors (Lipinski definition) is 3. The van der Waals surface area contributed by atoms with Crippen molar-refractivity contribution in [1.29, 1.82) is 0 Å². The van der Waals surface area contributed by atoms with Crippen molar-refractivity contribution in [3.05, 3.63) is 69.5 Å². The Morgan fingerprint density at radius 1 is 1.29 bits per heavy atom. The highest BCUT2D eigenvalue weighted by molar-refractivity contribution is 6.31. The molecule has 0 fully saturated rings. The van der Waals surface area contributed by atoms with Crippen LogP contribution in [0.2, 0.25) is 5.02 Å². The molecule has 2 aromatic rings. The molecule has 4 nitrogen and oxygen atoms in total. The molecule has 1 atom stereocenters. The van der Waals surface area contributed by atoms with Gasteiger partial charge >= 0.3 is 5.97 Å². The van der Waals surface area contributed by atoms with Gasteiger partial charge in [0.2, 0.25) is 0 Å². The Morgan fingerprint density at radius 2 is 2.05 bits per heavy atom. The highest BCUT2D eigenvalue weighted by Crippen LogP contribution is 2.36. The molecule has 0 saturated heterocycles. The Labute approximate surface area is 126 Å². The summed E-state index contributed by atoms with van der Waals surface area (Å²) >= 11 is 6.09. The van der Waals surface area contributed by atoms with Crippen molar-refractivity contribution in [2.45, 2.75) is 12.5 Å². The van der Waals surface area contributed by atoms with E-state index in [-0.39, 0.29) is 5.56 Å². The number of aromatic carboxylic acids is 1. The number of fused-ring (bicyclic) bond motifs is 1. The lowest BCUT2D eigenvalue weighted by Crippen LogP contribution is -2.06. The van der Waals surface area contributed by atoms with Gasteiger partial charge in [-0.1, -0.05) is 29.8 Å². The van der Waals surface area contributed by atoms with E-state index in [2.05, 4.69) is 4.98 Å². The quantitative estimate of drug-likeness (QED) is 0.914. The summed E-state index contributed by atoms with van der Waals surface area (Å²) in [6.07, 6.45) is 2.69. The summed E-state index contributed by atoms with van der Waals surface area (Å²) in [6.45, 7) is 0. The molecule has 0 saturated carbocycles. The van der Waals surface area contributed by atoms with Crippen molar-refractivity contribution in [3.63, 3.8) is 0 Å². The summed E-state index contributed by atoms with van der Waals surface area (Å²) in [5.41, 5.74) is 2.74. The molecule has 3 rings (SSSR count). The van der Waals surface area contributed by atoms with E-state index in [1.165, 1.54) is 12.3 Å². The summed E-state index contributed by atoms with van der Waals surface area (Å²) in [5, 5.41) is 20.2. The minimum atomic E-state index is -0.990. The molecule has 5 heteroatoms. The van der Waals surface area contributed by atoms with Gasteiger partial charge < -0.3 is 10.2 Å². The second-order valence-electron chi connectivity index (χ2n) is 4.85. The van der Waals surface area contributed by atoms with Gasteiger partial charge in [0.1, 0.15) is 6.10 Å². The van der Waals surface area contributed by atoms with E-state index >= 15 is 0 Å². The van der Waals surface area contributed by atoms with E-state index in [0.717, 1.165) is 0 Å². The van der Waals surface area contributed by atoms with Gasteiger partial charge in [-0.2, -0.15) is 0 Å². The molecule has 1 aliphatic carbocycles. The summed E-state index contributed by atoms with van der Waals surface area (Å²) in [7, 11) is 0. The van der Waals surface area contributed by atoms with Crippen LogP contribution in [-0.2, 0) is 6.42 Å². The number of aromatic nitrogens is 1. The van der Waals surface area contributed by atoms with Crippen LogP contribution in [0, 0.1) is 0 Å². The third kappa shape index (κ3) is 2.44. The normalized spacial score (nSPS) is 14.5. The first-order valence-corrected chi connectivity index (χ1v) is 6.80. The fourth-order valence-electron chi connectivity index (χ4n) is 2.52. The molecule has 0 aliphatic heterocycles. The van der Waals surface area contributed by atoms with Crippen LogP contribution in [0.4, 0.5) is 0 Å². The van der Waals surface area contributed by atoms with Crippen LogP contribution in [0.1, 0.15) is 33.3 Å². The largest absolute Gasteiger partial charge is 0.478 e. The molecule has 1 aromatic heterocycles. The van der Waals surface area contributed by atoms with Gasteiger partial charge in [0.15, 0.2) is 0 Å². The predicted molar refractivity (Wildman–Crippen MR) is 79.3 cm³/mol. The fraction of sp³-hybridized carbons (Fsp3) is 0.125. The average Bonchev–Trinajstić information content (AvgIpc) is 2.90. The van der Waals surface area contributed by atoms with Crippen molar-refractivity contribution in [3.8, 4) is 0 Å². The van der Waals surface area contributed by atoms with Crippen LogP contribution in [0.3, 0.4) is 0 Å². The molecule has 0 spiro atoms. The first kappa shape index (κ1) is 13.8. The van der Waals surface area contributed by atoms with Crippen molar-refractivity contribution < 1.29 is 15.0 Å². The topological polar surface area (TPSA) is 70.4 Å². The van der Waals surface area contributed by atoms with Crippen LogP contribution in [-0.4, -0.2) is 21.2 Å². The van der Waals surface area contributed by atoms with E-state index in [4.69, 9.17) is 11.6 Å². The van der Waals surface area contributed by atoms with Gasteiger partial charge in [0.25, 0.3) is 0 Å². The number of nitrogens with zero attached hydrogens (tertiary/aromatic N) is 1.